The van der Waals surface area contributed by atoms with Crippen LogP contribution >= 0.6 is 17.0 Å². The van der Waals surface area contributed by atoms with Gasteiger partial charge in [-0.25, -0.2) is 0 Å². The van der Waals surface area contributed by atoms with Gasteiger partial charge in [0.25, 0.3) is 0 Å². The third-order valence-electron chi connectivity index (χ3n) is 17.5. The van der Waals surface area contributed by atoms with Gasteiger partial charge in [-0.2, -0.15) is 12.1 Å². The van der Waals surface area contributed by atoms with Gasteiger partial charge in [-0.3, -0.25) is 0 Å². The molecule has 9 saturated carbocycles. The average Bonchev–Trinajstić information content (AvgIpc) is 4.07. The van der Waals surface area contributed by atoms with Crippen molar-refractivity contribution in [2.45, 2.75) is 146 Å². The second kappa shape index (κ2) is 19.2. The monoisotopic (exact) mass is 964 g/mol. The van der Waals surface area contributed by atoms with Crippen molar-refractivity contribution in [3.05, 3.63) is 131 Å². The molecule has 6 aromatic rings. The summed E-state index contributed by atoms with van der Waals surface area (Å²) in [6, 6.07) is 43.0. The average molecular weight is 967 g/mol. The van der Waals surface area contributed by atoms with Crippen LogP contribution in [0.4, 0.5) is 0 Å². The molecule has 0 N–H and O–H groups in total. The predicted molar refractivity (Wildman–Crippen MR) is 269 cm³/mol. The Morgan fingerprint density at radius 3 is 1.33 bits per heavy atom. The van der Waals surface area contributed by atoms with Crippen molar-refractivity contribution >= 4 is 48.1 Å². The Bertz CT molecular complexity index is 2390. The van der Waals surface area contributed by atoms with Gasteiger partial charge in [0.15, 0.2) is 0 Å². The van der Waals surface area contributed by atoms with Crippen molar-refractivity contribution < 1.29 is 20.8 Å². The maximum absolute atomic E-state index is 4.93. The van der Waals surface area contributed by atoms with E-state index in [2.05, 4.69) is 129 Å². The molecule has 8 bridgehead atoms. The van der Waals surface area contributed by atoms with E-state index < -0.39 is 20.8 Å². The van der Waals surface area contributed by atoms with Gasteiger partial charge < -0.3 is 0 Å². The van der Waals surface area contributed by atoms with Gasteiger partial charge >= 0.3 is 37.9 Å². The van der Waals surface area contributed by atoms with E-state index in [4.69, 9.17) is 17.0 Å². The zero-order valence-corrected chi connectivity index (χ0v) is 43.2. The summed E-state index contributed by atoms with van der Waals surface area (Å²) in [5.74, 6) is 6.89. The Balaban J connectivity index is 0.000000134. The van der Waals surface area contributed by atoms with Crippen LogP contribution in [0, 0.1) is 35.5 Å². The van der Waals surface area contributed by atoms with Crippen molar-refractivity contribution in [3.8, 4) is 22.3 Å². The number of fused-ring (bicyclic) bond motifs is 2. The molecule has 0 amide bonds. The van der Waals surface area contributed by atoms with E-state index in [1.807, 2.05) is 0 Å². The van der Waals surface area contributed by atoms with Crippen LogP contribution in [0.5, 0.6) is 0 Å². The van der Waals surface area contributed by atoms with Gasteiger partial charge in [-0.05, 0) is 171 Å². The van der Waals surface area contributed by atoms with E-state index in [1.165, 1.54) is 152 Å². The van der Waals surface area contributed by atoms with Gasteiger partial charge in [-0.1, -0.05) is 105 Å². The minimum Gasteiger partial charge on any atom is -0.164 e. The molecule has 0 unspecified atom stereocenters. The number of hydrogen-bond acceptors (Lipinski definition) is 0. The fourth-order valence-corrected chi connectivity index (χ4v) is 15.7. The molecule has 326 valence electrons. The minimum atomic E-state index is -0.826. The second-order valence-electron chi connectivity index (χ2n) is 21.7. The van der Waals surface area contributed by atoms with E-state index >= 15 is 0 Å². The van der Waals surface area contributed by atoms with Crippen molar-refractivity contribution in [1.29, 1.82) is 0 Å². The van der Waals surface area contributed by atoms with Gasteiger partial charge in [-0.15, -0.1) is 69.1 Å². The zero-order valence-electron chi connectivity index (χ0n) is 38.2. The van der Waals surface area contributed by atoms with E-state index in [9.17, 15) is 0 Å². The molecule has 6 aromatic carbocycles. The number of rotatable bonds is 6. The molecule has 4 heteroatoms. The second-order valence-corrected chi connectivity index (χ2v) is 26.5. The fourth-order valence-electron chi connectivity index (χ4n) is 15.7. The zero-order chi connectivity index (χ0) is 43.1. The molecule has 63 heavy (non-hydrogen) atoms. The normalized spacial score (nSPS) is 29.7. The first-order valence-corrected chi connectivity index (χ1v) is 33.3. The molecule has 0 nitrogen and oxygen atoms in total. The first-order valence-electron chi connectivity index (χ1n) is 25.0. The Morgan fingerprint density at radius 2 is 0.937 bits per heavy atom. The summed E-state index contributed by atoms with van der Waals surface area (Å²) in [5.41, 5.74) is 12.9. The molecule has 0 atom stereocenters. The van der Waals surface area contributed by atoms with Crippen molar-refractivity contribution in [2.24, 2.45) is 35.5 Å². The molecule has 9 aliphatic rings. The Morgan fingerprint density at radius 1 is 0.556 bits per heavy atom. The number of aryl methyl sites for hydroxylation is 1. The summed E-state index contributed by atoms with van der Waals surface area (Å²) in [6.07, 6.45) is 24.6. The molecule has 0 saturated heterocycles. The maximum atomic E-state index is 4.93. The molecule has 15 rings (SSSR count). The topological polar surface area (TPSA) is 0 Å². The van der Waals surface area contributed by atoms with Crippen molar-refractivity contribution in [1.82, 2.24) is 0 Å². The summed E-state index contributed by atoms with van der Waals surface area (Å²) in [5, 5.41) is 5.69. The smallest absolute Gasteiger partial charge is 0.00391 e. The van der Waals surface area contributed by atoms with E-state index in [1.54, 1.807) is 16.7 Å². The number of halogens is 2. The van der Waals surface area contributed by atoms with Crippen LogP contribution in [0.2, 0.25) is 13.1 Å². The predicted octanol–water partition coefficient (Wildman–Crippen LogP) is 17.8. The molecule has 0 heterocycles. The summed E-state index contributed by atoms with van der Waals surface area (Å²) in [4.78, 5) is 0. The van der Waals surface area contributed by atoms with Crippen molar-refractivity contribution in [3.63, 3.8) is 0 Å². The summed E-state index contributed by atoms with van der Waals surface area (Å²) < 4.78 is 0. The van der Waals surface area contributed by atoms with Gasteiger partial charge in [0.2, 0.25) is 0 Å². The molecular formula is C59H68Cl2SiZr. The molecule has 9 aliphatic carbocycles. The first-order chi connectivity index (χ1) is 30.8. The summed E-state index contributed by atoms with van der Waals surface area (Å²) >= 11 is -0.826. The maximum Gasteiger partial charge on any atom is -0.00391 e. The summed E-state index contributed by atoms with van der Waals surface area (Å²) in [6.45, 7) is 6.55. The van der Waals surface area contributed by atoms with Crippen LogP contribution in [0.3, 0.4) is 0 Å². The van der Waals surface area contributed by atoms with Gasteiger partial charge in [0.05, 0.1) is 0 Å². The van der Waals surface area contributed by atoms with Gasteiger partial charge in [0.1, 0.15) is 0 Å². The Labute approximate surface area is 400 Å². The molecule has 0 aliphatic heterocycles. The molecular weight excluding hydrogens is 899 g/mol. The quantitative estimate of drug-likeness (QED) is 0.115. The van der Waals surface area contributed by atoms with Crippen LogP contribution in [0.1, 0.15) is 138 Å². The molecule has 2 radical (unpaired) electrons. The van der Waals surface area contributed by atoms with Gasteiger partial charge in [0, 0.05) is 9.52 Å². The Kier molecular flexibility index (Phi) is 13.6. The third kappa shape index (κ3) is 9.02. The standard InChI is InChI=1S/C30H33.C27H29.C2H6Si.2ClH.Zr/c1-2-5-23(4-1)26-15-25-6-3-7-28(29(25)16-26)24-8-10-27(11-9-24)30-17-20-12-21(18-30)14-22(13-20)19-30;1-2-18-13-23-4-3-5-25(26(23)14-18)22-6-8-24(9-7-22)27-15-19-10-20(16-27)12-21(11-19)17-27;1-3-2;;;/h3,6-11,15-16,20-23H,1-2,4-5,12-14,17-19H2;3-9,13-14,19-21H,2,10-12,15-17H2,1H3;1-2H3;2*1H;/q2*-1;;;;+4/p-2. The third-order valence-corrected chi connectivity index (χ3v) is 17.5. The number of hydrogen-bond donors (Lipinski definition) is 0. The first kappa shape index (κ1) is 44.6. The minimum absolute atomic E-state index is 0.509. The van der Waals surface area contributed by atoms with Crippen LogP contribution in [0.15, 0.2) is 109 Å². The SMILES string of the molecule is CCc1cc2c(-c3ccc(C45CC6CC(CC(C6)C4)C5)cc3)cccc2[cH-]1.C[Si]C.[Cl][Zr+2][Cl].c1cc(-c2ccc(C34CC5CC(CC(C5)C3)C4)cc2)c2cc(C3CCCC3)[cH-]c2c1. The van der Waals surface area contributed by atoms with Crippen LogP contribution in [0.25, 0.3) is 43.8 Å². The Hall–Kier alpha value is -2.22. The molecule has 0 aromatic heterocycles. The van der Waals surface area contributed by atoms with E-state index in [0.29, 0.717) is 10.8 Å². The largest absolute Gasteiger partial charge is 0.164 e. The van der Waals surface area contributed by atoms with Crippen LogP contribution in [-0.4, -0.2) is 9.52 Å². The fraction of sp³-hybridized carbons (Fsp3) is 0.492. The number of benzene rings is 4. The van der Waals surface area contributed by atoms with E-state index in [0.717, 1.165) is 57.4 Å². The molecule has 9 fully saturated rings. The van der Waals surface area contributed by atoms with E-state index in [-0.39, 0.29) is 0 Å². The van der Waals surface area contributed by atoms with Crippen molar-refractivity contribution in [2.75, 3.05) is 0 Å². The van der Waals surface area contributed by atoms with Crippen LogP contribution < -0.4 is 0 Å². The summed E-state index contributed by atoms with van der Waals surface area (Å²) in [7, 11) is 11.0. The van der Waals surface area contributed by atoms with Crippen LogP contribution in [-0.2, 0) is 38.1 Å². The molecule has 0 spiro atoms.